The van der Waals surface area contributed by atoms with Gasteiger partial charge < -0.3 is 0 Å². The van der Waals surface area contributed by atoms with Crippen molar-refractivity contribution >= 4 is 75.9 Å². The minimum absolute atomic E-state index is 0.833. The fourth-order valence-corrected chi connectivity index (χ4v) is 7.42. The molecule has 10 aromatic rings. The van der Waals surface area contributed by atoms with Crippen molar-refractivity contribution < 1.29 is 0 Å². The third-order valence-corrected chi connectivity index (χ3v) is 9.34. The Labute approximate surface area is 258 Å². The van der Waals surface area contributed by atoms with Gasteiger partial charge in [0, 0.05) is 21.7 Å². The zero-order chi connectivity index (χ0) is 29.5. The SMILES string of the molecule is c1ccc(-c2nc3ccc4ccccc4c3nc2-n2c3cccc4c5ccccc5c5ccccc5c5cccc2c5c43)cc1. The van der Waals surface area contributed by atoms with Crippen LogP contribution in [-0.2, 0) is 0 Å². The average Bonchev–Trinajstić information content (AvgIpc) is 3.45. The van der Waals surface area contributed by atoms with Crippen LogP contribution >= 0.6 is 0 Å². The van der Waals surface area contributed by atoms with Crippen molar-refractivity contribution in [2.75, 3.05) is 0 Å². The van der Waals surface area contributed by atoms with Crippen LogP contribution < -0.4 is 0 Å². The molecular formula is C42H25N3. The van der Waals surface area contributed by atoms with Crippen molar-refractivity contribution in [2.24, 2.45) is 0 Å². The quantitative estimate of drug-likeness (QED) is 0.193. The third-order valence-electron chi connectivity index (χ3n) is 9.34. The van der Waals surface area contributed by atoms with Crippen molar-refractivity contribution in [1.29, 1.82) is 0 Å². The van der Waals surface area contributed by atoms with Gasteiger partial charge in [0.1, 0.15) is 5.69 Å². The highest BCUT2D eigenvalue weighted by molar-refractivity contribution is 6.33. The molecule has 3 heteroatoms. The van der Waals surface area contributed by atoms with E-state index in [0.717, 1.165) is 49.9 Å². The first-order chi connectivity index (χ1) is 22.3. The van der Waals surface area contributed by atoms with E-state index in [9.17, 15) is 0 Å². The number of hydrogen-bond acceptors (Lipinski definition) is 2. The lowest BCUT2D eigenvalue weighted by Crippen LogP contribution is -2.04. The Morgan fingerprint density at radius 3 is 1.51 bits per heavy atom. The van der Waals surface area contributed by atoms with Crippen molar-refractivity contribution in [3.63, 3.8) is 0 Å². The Bertz CT molecular complexity index is 2700. The Morgan fingerprint density at radius 2 is 0.889 bits per heavy atom. The van der Waals surface area contributed by atoms with Crippen LogP contribution in [0.5, 0.6) is 0 Å². The van der Waals surface area contributed by atoms with Gasteiger partial charge in [-0.1, -0.05) is 133 Å². The topological polar surface area (TPSA) is 30.7 Å². The molecule has 0 amide bonds. The summed E-state index contributed by atoms with van der Waals surface area (Å²) in [5, 5.41) is 12.2. The molecule has 0 aliphatic carbocycles. The molecule has 2 heterocycles. The first-order valence-electron chi connectivity index (χ1n) is 15.4. The summed E-state index contributed by atoms with van der Waals surface area (Å²) in [6.45, 7) is 0. The van der Waals surface area contributed by atoms with Crippen molar-refractivity contribution in [3.05, 3.63) is 152 Å². The molecular weight excluding hydrogens is 546 g/mol. The van der Waals surface area contributed by atoms with Crippen LogP contribution in [0.15, 0.2) is 152 Å². The molecule has 45 heavy (non-hydrogen) atoms. The largest absolute Gasteiger partial charge is 0.292 e. The van der Waals surface area contributed by atoms with E-state index in [1.807, 2.05) is 0 Å². The molecule has 0 saturated heterocycles. The maximum Gasteiger partial charge on any atom is 0.165 e. The zero-order valence-corrected chi connectivity index (χ0v) is 24.3. The Hall–Kier alpha value is -6.06. The number of aromatic nitrogens is 3. The van der Waals surface area contributed by atoms with Crippen LogP contribution in [-0.4, -0.2) is 14.5 Å². The van der Waals surface area contributed by atoms with Gasteiger partial charge in [-0.2, -0.15) is 0 Å². The van der Waals surface area contributed by atoms with Crippen LogP contribution in [0.4, 0.5) is 0 Å². The standard InChI is InChI=1S/C42H25N3/c1-2-13-27(14-3-1)40-42(44-41-28-15-5-4-12-26(28)24-25-35(41)43-40)45-36-22-10-20-33-31-18-8-6-16-29(31)30-17-7-9-19-32(30)34-21-11-23-37(45)39(34)38(33)36/h1-25H. The highest BCUT2D eigenvalue weighted by Gasteiger charge is 2.22. The van der Waals surface area contributed by atoms with Gasteiger partial charge in [-0.05, 0) is 55.9 Å². The molecule has 0 atom stereocenters. The summed E-state index contributed by atoms with van der Waals surface area (Å²) >= 11 is 0. The van der Waals surface area contributed by atoms with Crippen LogP contribution in [0.3, 0.4) is 0 Å². The molecule has 0 unspecified atom stereocenters. The first-order valence-corrected chi connectivity index (χ1v) is 15.4. The summed E-state index contributed by atoms with van der Waals surface area (Å²) in [7, 11) is 0. The molecule has 8 aromatic carbocycles. The van der Waals surface area contributed by atoms with Gasteiger partial charge in [0.25, 0.3) is 0 Å². The predicted molar refractivity (Wildman–Crippen MR) is 189 cm³/mol. The normalized spacial score (nSPS) is 12.0. The summed E-state index contributed by atoms with van der Waals surface area (Å²) in [4.78, 5) is 10.9. The Kier molecular flexibility index (Phi) is 5.00. The van der Waals surface area contributed by atoms with E-state index in [4.69, 9.17) is 9.97 Å². The molecule has 0 aliphatic heterocycles. The van der Waals surface area contributed by atoms with Crippen LogP contribution in [0, 0.1) is 0 Å². The maximum absolute atomic E-state index is 5.54. The molecule has 0 spiro atoms. The molecule has 0 saturated carbocycles. The van der Waals surface area contributed by atoms with Gasteiger partial charge in [0.15, 0.2) is 5.82 Å². The zero-order valence-electron chi connectivity index (χ0n) is 24.3. The summed E-state index contributed by atoms with van der Waals surface area (Å²) in [5.41, 5.74) is 5.94. The van der Waals surface area contributed by atoms with Gasteiger partial charge >= 0.3 is 0 Å². The van der Waals surface area contributed by atoms with Crippen molar-refractivity contribution in [3.8, 4) is 17.1 Å². The van der Waals surface area contributed by atoms with E-state index in [0.29, 0.717) is 0 Å². The second kappa shape index (κ2) is 9.22. The second-order valence-corrected chi connectivity index (χ2v) is 11.7. The molecule has 0 bridgehead atoms. The highest BCUT2D eigenvalue weighted by Crippen LogP contribution is 2.43. The summed E-state index contributed by atoms with van der Waals surface area (Å²) < 4.78 is 2.35. The lowest BCUT2D eigenvalue weighted by molar-refractivity contribution is 1.08. The Morgan fingerprint density at radius 1 is 0.378 bits per heavy atom. The van der Waals surface area contributed by atoms with E-state index in [1.165, 1.54) is 43.1 Å². The van der Waals surface area contributed by atoms with E-state index < -0.39 is 0 Å². The van der Waals surface area contributed by atoms with E-state index in [-0.39, 0.29) is 0 Å². The predicted octanol–water partition coefficient (Wildman–Crippen LogP) is 11.0. The van der Waals surface area contributed by atoms with Crippen molar-refractivity contribution in [1.82, 2.24) is 14.5 Å². The van der Waals surface area contributed by atoms with Crippen LogP contribution in [0.25, 0.3) is 93.0 Å². The molecule has 0 radical (unpaired) electrons. The van der Waals surface area contributed by atoms with Gasteiger partial charge in [0.05, 0.1) is 22.1 Å². The number of rotatable bonds is 2. The first kappa shape index (κ1) is 24.4. The third kappa shape index (κ3) is 3.41. The molecule has 10 rings (SSSR count). The molecule has 208 valence electrons. The lowest BCUT2D eigenvalue weighted by Gasteiger charge is -2.14. The van der Waals surface area contributed by atoms with Gasteiger partial charge in [-0.15, -0.1) is 0 Å². The lowest BCUT2D eigenvalue weighted by atomic mass is 9.95. The smallest absolute Gasteiger partial charge is 0.165 e. The second-order valence-electron chi connectivity index (χ2n) is 11.7. The van der Waals surface area contributed by atoms with Gasteiger partial charge in [-0.3, -0.25) is 4.57 Å². The molecule has 3 nitrogen and oxygen atoms in total. The molecule has 0 fully saturated rings. The van der Waals surface area contributed by atoms with E-state index >= 15 is 0 Å². The minimum Gasteiger partial charge on any atom is -0.292 e. The highest BCUT2D eigenvalue weighted by atomic mass is 15.1. The number of nitrogens with zero attached hydrogens (tertiary/aromatic N) is 3. The van der Waals surface area contributed by atoms with Gasteiger partial charge in [0.2, 0.25) is 0 Å². The van der Waals surface area contributed by atoms with Crippen LogP contribution in [0.1, 0.15) is 0 Å². The monoisotopic (exact) mass is 571 g/mol. The minimum atomic E-state index is 0.833. The summed E-state index contributed by atoms with van der Waals surface area (Å²) in [6.07, 6.45) is 0. The van der Waals surface area contributed by atoms with E-state index in [1.54, 1.807) is 0 Å². The van der Waals surface area contributed by atoms with Crippen LogP contribution in [0.2, 0.25) is 0 Å². The number of benzene rings is 7. The average molecular weight is 572 g/mol. The van der Waals surface area contributed by atoms with Gasteiger partial charge in [-0.25, -0.2) is 9.97 Å². The fourth-order valence-electron chi connectivity index (χ4n) is 7.42. The number of hydrogen-bond donors (Lipinski definition) is 0. The molecule has 0 N–H and O–H groups in total. The maximum atomic E-state index is 5.54. The summed E-state index contributed by atoms with van der Waals surface area (Å²) in [6, 6.07) is 54.1. The fraction of sp³-hybridized carbons (Fsp3) is 0. The molecule has 0 aliphatic rings. The summed E-state index contributed by atoms with van der Waals surface area (Å²) in [5.74, 6) is 0.833. The Balaban J connectivity index is 1.48. The molecule has 2 aromatic heterocycles. The van der Waals surface area contributed by atoms with E-state index in [2.05, 4.69) is 156 Å². The van der Waals surface area contributed by atoms with Crippen molar-refractivity contribution in [2.45, 2.75) is 0 Å². The number of fused-ring (bicyclic) bond motifs is 8.